The van der Waals surface area contributed by atoms with Crippen LogP contribution in [0, 0.1) is 0 Å². The van der Waals surface area contributed by atoms with Gasteiger partial charge in [-0.2, -0.15) is 13.2 Å². The van der Waals surface area contributed by atoms with Crippen molar-refractivity contribution in [2.75, 3.05) is 6.54 Å². The Balaban J connectivity index is 2.42. The van der Waals surface area contributed by atoms with Crippen LogP contribution >= 0.6 is 15.9 Å². The molecule has 1 atom stereocenters. The Morgan fingerprint density at radius 3 is 2.63 bits per heavy atom. The lowest BCUT2D eigenvalue weighted by Gasteiger charge is -2.23. The molecule has 1 heterocycles. The molecule has 2 rings (SSSR count). The van der Waals surface area contributed by atoms with Gasteiger partial charge in [0.1, 0.15) is 0 Å². The molecular weight excluding hydrogens is 323 g/mol. The average Bonchev–Trinajstić information content (AvgIpc) is 2.73. The van der Waals surface area contributed by atoms with E-state index in [0.717, 1.165) is 18.9 Å². The molecule has 0 aliphatic carbocycles. The number of nitrogens with zero attached hydrogens (tertiary/aromatic N) is 1. The van der Waals surface area contributed by atoms with Crippen LogP contribution in [-0.2, 0) is 6.18 Å². The van der Waals surface area contributed by atoms with E-state index in [2.05, 4.69) is 15.9 Å². The molecule has 1 aliphatic heterocycles. The SMILES string of the molecule is C[C@@H]1CCCN1C(=O)c1ccc(Br)cc1C(F)(F)F. The van der Waals surface area contributed by atoms with Gasteiger partial charge in [0.2, 0.25) is 0 Å². The third kappa shape index (κ3) is 2.94. The number of carbonyl (C=O) groups is 1. The first-order valence-corrected chi connectivity index (χ1v) is 6.77. The normalized spacial score (nSPS) is 19.8. The first-order chi connectivity index (χ1) is 8.80. The van der Waals surface area contributed by atoms with Crippen molar-refractivity contribution < 1.29 is 18.0 Å². The Labute approximate surface area is 117 Å². The van der Waals surface area contributed by atoms with Gasteiger partial charge in [-0.1, -0.05) is 15.9 Å². The molecule has 0 saturated carbocycles. The molecule has 19 heavy (non-hydrogen) atoms. The summed E-state index contributed by atoms with van der Waals surface area (Å²) in [7, 11) is 0. The molecule has 0 radical (unpaired) electrons. The van der Waals surface area contributed by atoms with Gasteiger partial charge >= 0.3 is 6.18 Å². The molecular formula is C13H13BrF3NO. The fraction of sp³-hybridized carbons (Fsp3) is 0.462. The summed E-state index contributed by atoms with van der Waals surface area (Å²) in [6.07, 6.45) is -2.86. The van der Waals surface area contributed by atoms with Crippen molar-refractivity contribution in [3.05, 3.63) is 33.8 Å². The largest absolute Gasteiger partial charge is 0.417 e. The third-order valence-electron chi connectivity index (χ3n) is 3.33. The topological polar surface area (TPSA) is 20.3 Å². The molecule has 1 aromatic carbocycles. The van der Waals surface area contributed by atoms with Gasteiger partial charge in [0, 0.05) is 17.1 Å². The predicted octanol–water partition coefficient (Wildman–Crippen LogP) is 4.09. The Morgan fingerprint density at radius 2 is 2.11 bits per heavy atom. The first-order valence-electron chi connectivity index (χ1n) is 5.98. The van der Waals surface area contributed by atoms with Crippen LogP contribution in [0.5, 0.6) is 0 Å². The van der Waals surface area contributed by atoms with Gasteiger partial charge in [0.25, 0.3) is 5.91 Å². The monoisotopic (exact) mass is 335 g/mol. The number of carbonyl (C=O) groups excluding carboxylic acids is 1. The van der Waals surface area contributed by atoms with Gasteiger partial charge in [-0.05, 0) is 38.0 Å². The van der Waals surface area contributed by atoms with Crippen LogP contribution in [0.1, 0.15) is 35.7 Å². The number of amides is 1. The van der Waals surface area contributed by atoms with Gasteiger partial charge in [-0.25, -0.2) is 0 Å². The Kier molecular flexibility index (Phi) is 3.90. The van der Waals surface area contributed by atoms with Crippen LogP contribution in [0.3, 0.4) is 0 Å². The van der Waals surface area contributed by atoms with Crippen molar-refractivity contribution in [1.29, 1.82) is 0 Å². The second-order valence-corrected chi connectivity index (χ2v) is 5.59. The fourth-order valence-electron chi connectivity index (χ4n) is 2.33. The summed E-state index contributed by atoms with van der Waals surface area (Å²) in [5.41, 5.74) is -1.16. The van der Waals surface area contributed by atoms with Crippen LogP contribution in [0.2, 0.25) is 0 Å². The average molecular weight is 336 g/mol. The Bertz CT molecular complexity index is 501. The van der Waals surface area contributed by atoms with Crippen LogP contribution in [0.25, 0.3) is 0 Å². The lowest BCUT2D eigenvalue weighted by atomic mass is 10.1. The second kappa shape index (κ2) is 5.15. The molecule has 1 saturated heterocycles. The molecule has 1 amide bonds. The molecule has 0 aromatic heterocycles. The van der Waals surface area contributed by atoms with E-state index in [1.165, 1.54) is 17.0 Å². The number of rotatable bonds is 1. The van der Waals surface area contributed by atoms with E-state index in [1.54, 1.807) is 0 Å². The molecule has 0 unspecified atom stereocenters. The zero-order valence-corrected chi connectivity index (χ0v) is 11.9. The molecule has 1 aliphatic rings. The van der Waals surface area contributed by atoms with Gasteiger partial charge < -0.3 is 4.90 Å². The van der Waals surface area contributed by atoms with Crippen LogP contribution in [0.4, 0.5) is 13.2 Å². The standard InChI is InChI=1S/C13H13BrF3NO/c1-8-3-2-6-18(8)12(19)10-5-4-9(14)7-11(10)13(15,16)17/h4-5,7-8H,2-3,6H2,1H3/t8-/m1/s1. The summed E-state index contributed by atoms with van der Waals surface area (Å²) in [4.78, 5) is 13.8. The molecule has 0 spiro atoms. The van der Waals surface area contributed by atoms with Crippen molar-refractivity contribution in [2.45, 2.75) is 32.0 Å². The number of hydrogen-bond acceptors (Lipinski definition) is 1. The molecule has 1 aromatic rings. The number of benzene rings is 1. The summed E-state index contributed by atoms with van der Waals surface area (Å²) < 4.78 is 39.3. The molecule has 0 N–H and O–H groups in total. The van der Waals surface area contributed by atoms with E-state index >= 15 is 0 Å². The van der Waals surface area contributed by atoms with E-state index in [4.69, 9.17) is 0 Å². The van der Waals surface area contributed by atoms with Crippen molar-refractivity contribution in [2.24, 2.45) is 0 Å². The fourth-order valence-corrected chi connectivity index (χ4v) is 2.69. The van der Waals surface area contributed by atoms with Crippen LogP contribution < -0.4 is 0 Å². The lowest BCUT2D eigenvalue weighted by molar-refractivity contribution is -0.138. The Morgan fingerprint density at radius 1 is 1.42 bits per heavy atom. The number of alkyl halides is 3. The summed E-state index contributed by atoms with van der Waals surface area (Å²) in [6, 6.07) is 3.65. The summed E-state index contributed by atoms with van der Waals surface area (Å²) >= 11 is 3.01. The van der Waals surface area contributed by atoms with Crippen molar-refractivity contribution >= 4 is 21.8 Å². The van der Waals surface area contributed by atoms with E-state index in [9.17, 15) is 18.0 Å². The van der Waals surface area contributed by atoms with Gasteiger partial charge in [0.15, 0.2) is 0 Å². The van der Waals surface area contributed by atoms with Crippen molar-refractivity contribution in [3.63, 3.8) is 0 Å². The lowest BCUT2D eigenvalue weighted by Crippen LogP contribution is -2.34. The smallest absolute Gasteiger partial charge is 0.336 e. The minimum Gasteiger partial charge on any atom is -0.336 e. The summed E-state index contributed by atoms with van der Waals surface area (Å²) in [6.45, 7) is 2.38. The number of likely N-dealkylation sites (tertiary alicyclic amines) is 1. The van der Waals surface area contributed by atoms with Gasteiger partial charge in [-0.15, -0.1) is 0 Å². The number of hydrogen-bond donors (Lipinski definition) is 0. The quantitative estimate of drug-likeness (QED) is 0.756. The predicted molar refractivity (Wildman–Crippen MR) is 68.9 cm³/mol. The van der Waals surface area contributed by atoms with E-state index < -0.39 is 17.6 Å². The van der Waals surface area contributed by atoms with Crippen molar-refractivity contribution in [3.8, 4) is 0 Å². The molecule has 6 heteroatoms. The maximum atomic E-state index is 13.0. The zero-order valence-electron chi connectivity index (χ0n) is 10.3. The minimum atomic E-state index is -4.53. The maximum absolute atomic E-state index is 13.0. The highest BCUT2D eigenvalue weighted by molar-refractivity contribution is 9.10. The maximum Gasteiger partial charge on any atom is 0.417 e. The highest BCUT2D eigenvalue weighted by Crippen LogP contribution is 2.35. The number of halogens is 4. The van der Waals surface area contributed by atoms with Crippen LogP contribution in [0.15, 0.2) is 22.7 Å². The zero-order chi connectivity index (χ0) is 14.2. The van der Waals surface area contributed by atoms with Crippen LogP contribution in [-0.4, -0.2) is 23.4 Å². The molecule has 2 nitrogen and oxygen atoms in total. The highest BCUT2D eigenvalue weighted by Gasteiger charge is 2.37. The van der Waals surface area contributed by atoms with Gasteiger partial charge in [-0.3, -0.25) is 4.79 Å². The summed E-state index contributed by atoms with van der Waals surface area (Å²) in [5, 5.41) is 0. The first kappa shape index (κ1) is 14.4. The van der Waals surface area contributed by atoms with Gasteiger partial charge in [0.05, 0.1) is 11.1 Å². The third-order valence-corrected chi connectivity index (χ3v) is 3.82. The van der Waals surface area contributed by atoms with E-state index in [-0.39, 0.29) is 11.6 Å². The molecule has 0 bridgehead atoms. The Hall–Kier alpha value is -1.04. The van der Waals surface area contributed by atoms with Crippen molar-refractivity contribution in [1.82, 2.24) is 4.90 Å². The molecule has 1 fully saturated rings. The van der Waals surface area contributed by atoms with E-state index in [0.29, 0.717) is 11.0 Å². The summed E-state index contributed by atoms with van der Waals surface area (Å²) in [5.74, 6) is -0.537. The second-order valence-electron chi connectivity index (χ2n) is 4.68. The molecule has 104 valence electrons. The van der Waals surface area contributed by atoms with E-state index in [1.807, 2.05) is 6.92 Å². The minimum absolute atomic E-state index is 0.00256. The highest BCUT2D eigenvalue weighted by atomic mass is 79.9.